The molecule has 0 unspecified atom stereocenters. The van der Waals surface area contributed by atoms with Crippen molar-refractivity contribution >= 4 is 11.9 Å². The first-order valence-electron chi connectivity index (χ1n) is 5.92. The Morgan fingerprint density at radius 3 is 1.38 bits per heavy atom. The number of hydrogen-bond acceptors (Lipinski definition) is 4. The summed E-state index contributed by atoms with van der Waals surface area (Å²) in [7, 11) is 0. The van der Waals surface area contributed by atoms with Gasteiger partial charge in [0.2, 0.25) is 0 Å². The van der Waals surface area contributed by atoms with Gasteiger partial charge < -0.3 is 9.47 Å². The van der Waals surface area contributed by atoms with Crippen LogP contribution in [0.15, 0.2) is 0 Å². The van der Waals surface area contributed by atoms with Crippen LogP contribution >= 0.6 is 0 Å². The molecular formula is C12H20O4. The second-order valence-corrected chi connectivity index (χ2v) is 4.32. The molecule has 0 aromatic carbocycles. The highest BCUT2D eigenvalue weighted by Crippen LogP contribution is 2.22. The molecule has 16 heavy (non-hydrogen) atoms. The molecule has 0 radical (unpaired) electrons. The first-order chi connectivity index (χ1) is 7.58. The predicted molar refractivity (Wildman–Crippen MR) is 58.8 cm³/mol. The normalized spacial score (nSPS) is 26.4. The molecule has 1 aliphatic rings. The van der Waals surface area contributed by atoms with E-state index in [0.29, 0.717) is 0 Å². The molecule has 0 aromatic rings. The van der Waals surface area contributed by atoms with Crippen molar-refractivity contribution in [3.63, 3.8) is 0 Å². The van der Waals surface area contributed by atoms with Gasteiger partial charge in [-0.1, -0.05) is 0 Å². The van der Waals surface area contributed by atoms with Crippen LogP contribution in [0, 0.1) is 0 Å². The Morgan fingerprint density at radius 2 is 1.12 bits per heavy atom. The van der Waals surface area contributed by atoms with Gasteiger partial charge in [-0.15, -0.1) is 0 Å². The van der Waals surface area contributed by atoms with Crippen molar-refractivity contribution in [2.45, 2.75) is 64.6 Å². The largest absolute Gasteiger partial charge is 0.463 e. The van der Waals surface area contributed by atoms with Gasteiger partial charge in [0.25, 0.3) is 0 Å². The van der Waals surface area contributed by atoms with Crippen LogP contribution in [0.25, 0.3) is 0 Å². The molecule has 1 rings (SSSR count). The molecule has 0 saturated heterocycles. The molecule has 1 aliphatic carbocycles. The molecule has 0 bridgehead atoms. The minimum absolute atomic E-state index is 0.0516. The Hall–Kier alpha value is -1.06. The lowest BCUT2D eigenvalue weighted by molar-refractivity contribution is -0.149. The van der Waals surface area contributed by atoms with Gasteiger partial charge in [0, 0.05) is 13.8 Å². The number of rotatable bonds is 2. The Labute approximate surface area is 96.3 Å². The molecule has 4 heteroatoms. The minimum Gasteiger partial charge on any atom is -0.463 e. The molecule has 0 N–H and O–H groups in total. The molecular weight excluding hydrogens is 208 g/mol. The summed E-state index contributed by atoms with van der Waals surface area (Å²) in [6, 6.07) is 0. The Morgan fingerprint density at radius 1 is 0.812 bits per heavy atom. The standard InChI is InChI=1S/C12H20O4/c1-9(13)15-11-5-3-7-12(8-4-6-11)16-10(2)14/h11-12H,3-8H2,1-2H3. The zero-order chi connectivity index (χ0) is 12.0. The smallest absolute Gasteiger partial charge is 0.302 e. The summed E-state index contributed by atoms with van der Waals surface area (Å²) in [6.45, 7) is 2.89. The highest BCUT2D eigenvalue weighted by molar-refractivity contribution is 5.66. The van der Waals surface area contributed by atoms with Crippen LogP contribution in [-0.2, 0) is 19.1 Å². The second-order valence-electron chi connectivity index (χ2n) is 4.32. The highest BCUT2D eigenvalue weighted by Gasteiger charge is 2.19. The average Bonchev–Trinajstić information content (AvgIpc) is 2.11. The van der Waals surface area contributed by atoms with Crippen molar-refractivity contribution < 1.29 is 19.1 Å². The molecule has 0 atom stereocenters. The van der Waals surface area contributed by atoms with E-state index in [4.69, 9.17) is 9.47 Å². The topological polar surface area (TPSA) is 52.6 Å². The van der Waals surface area contributed by atoms with Gasteiger partial charge in [-0.25, -0.2) is 0 Å². The molecule has 1 fully saturated rings. The fourth-order valence-corrected chi connectivity index (χ4v) is 2.14. The third-order valence-electron chi connectivity index (χ3n) is 2.77. The van der Waals surface area contributed by atoms with Gasteiger partial charge in [0.05, 0.1) is 0 Å². The van der Waals surface area contributed by atoms with E-state index >= 15 is 0 Å². The van der Waals surface area contributed by atoms with Crippen LogP contribution in [0.4, 0.5) is 0 Å². The number of carbonyl (C=O) groups excluding carboxylic acids is 2. The van der Waals surface area contributed by atoms with Crippen LogP contribution in [0.5, 0.6) is 0 Å². The van der Waals surface area contributed by atoms with E-state index in [1.54, 1.807) is 0 Å². The van der Waals surface area contributed by atoms with E-state index in [0.717, 1.165) is 38.5 Å². The van der Waals surface area contributed by atoms with Crippen molar-refractivity contribution in [2.75, 3.05) is 0 Å². The molecule has 92 valence electrons. The zero-order valence-corrected chi connectivity index (χ0v) is 10.0. The maximum absolute atomic E-state index is 10.8. The maximum atomic E-state index is 10.8. The average molecular weight is 228 g/mol. The highest BCUT2D eigenvalue weighted by atomic mass is 16.5. The molecule has 4 nitrogen and oxygen atoms in total. The van der Waals surface area contributed by atoms with E-state index in [-0.39, 0.29) is 24.1 Å². The van der Waals surface area contributed by atoms with Crippen molar-refractivity contribution in [1.29, 1.82) is 0 Å². The quantitative estimate of drug-likeness (QED) is 0.680. The van der Waals surface area contributed by atoms with Crippen molar-refractivity contribution in [1.82, 2.24) is 0 Å². The van der Waals surface area contributed by atoms with Gasteiger partial charge in [0.15, 0.2) is 0 Å². The van der Waals surface area contributed by atoms with Gasteiger partial charge in [-0.3, -0.25) is 9.59 Å². The molecule has 0 aromatic heterocycles. The Bertz CT molecular complexity index is 215. The number of carbonyl (C=O) groups is 2. The summed E-state index contributed by atoms with van der Waals surface area (Å²) in [5.41, 5.74) is 0. The summed E-state index contributed by atoms with van der Waals surface area (Å²) < 4.78 is 10.4. The summed E-state index contributed by atoms with van der Waals surface area (Å²) in [5.74, 6) is -0.413. The first kappa shape index (κ1) is 13.0. The third-order valence-corrected chi connectivity index (χ3v) is 2.77. The molecule has 0 spiro atoms. The van der Waals surface area contributed by atoms with Gasteiger partial charge in [0.1, 0.15) is 12.2 Å². The fraction of sp³-hybridized carbons (Fsp3) is 0.833. The first-order valence-corrected chi connectivity index (χ1v) is 5.92. The molecule has 0 aliphatic heterocycles. The number of ether oxygens (including phenoxy) is 2. The SMILES string of the molecule is CC(=O)OC1CCCC(OC(C)=O)CCC1. The fourth-order valence-electron chi connectivity index (χ4n) is 2.14. The Kier molecular flexibility index (Phi) is 5.29. The van der Waals surface area contributed by atoms with E-state index in [2.05, 4.69) is 0 Å². The van der Waals surface area contributed by atoms with E-state index in [1.807, 2.05) is 0 Å². The van der Waals surface area contributed by atoms with Crippen LogP contribution in [-0.4, -0.2) is 24.1 Å². The maximum Gasteiger partial charge on any atom is 0.302 e. The summed E-state index contributed by atoms with van der Waals surface area (Å²) in [5, 5.41) is 0. The third kappa shape index (κ3) is 5.14. The summed E-state index contributed by atoms with van der Waals surface area (Å²) in [6.07, 6.45) is 5.47. The minimum atomic E-state index is -0.206. The van der Waals surface area contributed by atoms with Gasteiger partial charge in [-0.05, 0) is 38.5 Å². The lowest BCUT2D eigenvalue weighted by atomic mass is 9.96. The predicted octanol–water partition coefficient (Wildman–Crippen LogP) is 2.20. The summed E-state index contributed by atoms with van der Waals surface area (Å²) >= 11 is 0. The van der Waals surface area contributed by atoms with Crippen LogP contribution in [0.1, 0.15) is 52.4 Å². The van der Waals surface area contributed by atoms with Crippen LogP contribution < -0.4 is 0 Å². The lowest BCUT2D eigenvalue weighted by Gasteiger charge is -2.24. The van der Waals surface area contributed by atoms with Crippen LogP contribution in [0.2, 0.25) is 0 Å². The van der Waals surface area contributed by atoms with Crippen molar-refractivity contribution in [3.05, 3.63) is 0 Å². The zero-order valence-electron chi connectivity index (χ0n) is 10.0. The second kappa shape index (κ2) is 6.51. The number of esters is 2. The van der Waals surface area contributed by atoms with Crippen molar-refractivity contribution in [3.8, 4) is 0 Å². The number of hydrogen-bond donors (Lipinski definition) is 0. The monoisotopic (exact) mass is 228 g/mol. The van der Waals surface area contributed by atoms with Crippen molar-refractivity contribution in [2.24, 2.45) is 0 Å². The molecule has 0 heterocycles. The lowest BCUT2D eigenvalue weighted by Crippen LogP contribution is -2.23. The van der Waals surface area contributed by atoms with Crippen LogP contribution in [0.3, 0.4) is 0 Å². The van der Waals surface area contributed by atoms with E-state index in [9.17, 15) is 9.59 Å². The van der Waals surface area contributed by atoms with E-state index in [1.165, 1.54) is 13.8 Å². The summed E-state index contributed by atoms with van der Waals surface area (Å²) in [4.78, 5) is 21.7. The van der Waals surface area contributed by atoms with Gasteiger partial charge in [-0.2, -0.15) is 0 Å². The molecule has 0 amide bonds. The molecule has 1 saturated carbocycles. The Balaban J connectivity index is 2.31. The van der Waals surface area contributed by atoms with E-state index < -0.39 is 0 Å². The van der Waals surface area contributed by atoms with Gasteiger partial charge >= 0.3 is 11.9 Å².